The molecule has 0 saturated carbocycles. The van der Waals surface area contributed by atoms with Crippen molar-refractivity contribution in [3.05, 3.63) is 24.0 Å². The Balaban J connectivity index is 2.47. The minimum Gasteiger partial charge on any atom is -0.411 e. The molecule has 12 heteroatoms. The van der Waals surface area contributed by atoms with Crippen molar-refractivity contribution in [1.82, 2.24) is 4.98 Å². The molecule has 1 fully saturated rings. The zero-order valence-corrected chi connectivity index (χ0v) is 20.4. The third-order valence-electron chi connectivity index (χ3n) is 5.93. The van der Waals surface area contributed by atoms with Crippen LogP contribution in [0.15, 0.2) is 18.5 Å². The smallest absolute Gasteiger partial charge is 0.411 e. The number of aromatic nitrogens is 1. The summed E-state index contributed by atoms with van der Waals surface area (Å²) in [5, 5.41) is -0.258. The summed E-state index contributed by atoms with van der Waals surface area (Å²) in [5.74, 6) is 0. The summed E-state index contributed by atoms with van der Waals surface area (Å²) in [6.07, 6.45) is -0.614. The van der Waals surface area contributed by atoms with E-state index in [1.807, 2.05) is 33.9 Å². The van der Waals surface area contributed by atoms with Crippen LogP contribution in [0.1, 0.15) is 52.2 Å². The van der Waals surface area contributed by atoms with Crippen molar-refractivity contribution in [3.8, 4) is 0 Å². The van der Waals surface area contributed by atoms with Gasteiger partial charge in [-0.3, -0.25) is 9.17 Å². The number of halogens is 3. The zero-order valence-electron chi connectivity index (χ0n) is 18.6. The molecular weight excluding hydrogens is 453 g/mol. The molecule has 0 spiro atoms. The largest absolute Gasteiger partial charge is 0.523 e. The fourth-order valence-electron chi connectivity index (χ4n) is 3.16. The molecule has 4 atom stereocenters. The second-order valence-corrected chi connectivity index (χ2v) is 15.5. The van der Waals surface area contributed by atoms with Gasteiger partial charge in [0.25, 0.3) is 0 Å². The standard InChI is InChI=1S/C19H31F3N2O5SSi/c1-7-14-17(28-30(25,26)19(20,21)22)16(29-31(5,6)18(2,3)4)10-15(27-14)12-8-9-24-11-13(12)23/h8-9,11,14-17H,7,10,23H2,1-6H3/t14?,15-,16?,17?/m1/s1. The summed E-state index contributed by atoms with van der Waals surface area (Å²) in [4.78, 5) is 3.95. The molecule has 1 aliphatic rings. The highest BCUT2D eigenvalue weighted by Crippen LogP contribution is 2.44. The van der Waals surface area contributed by atoms with Gasteiger partial charge in [-0.1, -0.05) is 27.7 Å². The van der Waals surface area contributed by atoms with Gasteiger partial charge >= 0.3 is 15.6 Å². The van der Waals surface area contributed by atoms with E-state index in [1.165, 1.54) is 12.4 Å². The van der Waals surface area contributed by atoms with Gasteiger partial charge in [0.2, 0.25) is 0 Å². The second-order valence-electron chi connectivity index (χ2n) is 9.19. The van der Waals surface area contributed by atoms with E-state index in [4.69, 9.17) is 19.1 Å². The summed E-state index contributed by atoms with van der Waals surface area (Å²) in [6.45, 7) is 11.5. The van der Waals surface area contributed by atoms with Crippen LogP contribution in [0.2, 0.25) is 18.1 Å². The van der Waals surface area contributed by atoms with Gasteiger partial charge in [0, 0.05) is 18.2 Å². The number of rotatable bonds is 6. The lowest BCUT2D eigenvalue weighted by Crippen LogP contribution is -2.55. The lowest BCUT2D eigenvalue weighted by molar-refractivity contribution is -0.161. The predicted octanol–water partition coefficient (Wildman–Crippen LogP) is 4.53. The molecule has 1 aromatic rings. The van der Waals surface area contributed by atoms with Gasteiger partial charge in [-0.05, 0) is 30.6 Å². The molecule has 2 heterocycles. The van der Waals surface area contributed by atoms with Crippen molar-refractivity contribution in [2.45, 2.75) is 88.6 Å². The van der Waals surface area contributed by atoms with E-state index in [2.05, 4.69) is 4.98 Å². The molecule has 3 unspecified atom stereocenters. The Hall–Kier alpha value is -1.21. The average Bonchev–Trinajstić information content (AvgIpc) is 2.61. The van der Waals surface area contributed by atoms with Gasteiger partial charge in [0.1, 0.15) is 6.10 Å². The maximum Gasteiger partial charge on any atom is 0.523 e. The minimum atomic E-state index is -5.83. The van der Waals surface area contributed by atoms with Gasteiger partial charge in [-0.2, -0.15) is 21.6 Å². The fraction of sp³-hybridized carbons (Fsp3) is 0.737. The van der Waals surface area contributed by atoms with Crippen LogP contribution in [0.25, 0.3) is 0 Å². The quantitative estimate of drug-likeness (QED) is 0.360. The maximum atomic E-state index is 13.1. The molecule has 1 aliphatic heterocycles. The van der Waals surface area contributed by atoms with E-state index < -0.39 is 48.4 Å². The molecule has 1 saturated heterocycles. The van der Waals surface area contributed by atoms with Gasteiger partial charge < -0.3 is 14.9 Å². The van der Waals surface area contributed by atoms with Crippen molar-refractivity contribution in [3.63, 3.8) is 0 Å². The van der Waals surface area contributed by atoms with Crippen LogP contribution < -0.4 is 5.73 Å². The van der Waals surface area contributed by atoms with Crippen molar-refractivity contribution in [2.24, 2.45) is 0 Å². The van der Waals surface area contributed by atoms with Crippen LogP contribution in [-0.4, -0.2) is 45.5 Å². The van der Waals surface area contributed by atoms with Crippen LogP contribution in [0.4, 0.5) is 18.9 Å². The number of nitrogens with zero attached hydrogens (tertiary/aromatic N) is 1. The molecule has 0 radical (unpaired) electrons. The SMILES string of the molecule is CCC1O[C@@H](c2ccncc2N)CC(O[Si](C)(C)C(C)(C)C)C1OS(=O)(=O)C(F)(F)F. The highest BCUT2D eigenvalue weighted by molar-refractivity contribution is 7.87. The number of nitrogens with two attached hydrogens (primary N) is 1. The van der Waals surface area contributed by atoms with Crippen molar-refractivity contribution < 1.29 is 34.9 Å². The fourth-order valence-corrected chi connectivity index (χ4v) is 5.15. The number of hydrogen-bond acceptors (Lipinski definition) is 7. The summed E-state index contributed by atoms with van der Waals surface area (Å²) in [7, 11) is -8.33. The Morgan fingerprint density at radius 3 is 2.39 bits per heavy atom. The van der Waals surface area contributed by atoms with Crippen molar-refractivity contribution >= 4 is 24.1 Å². The molecule has 0 amide bonds. The molecule has 0 aliphatic carbocycles. The third-order valence-corrected chi connectivity index (χ3v) is 11.5. The van der Waals surface area contributed by atoms with Gasteiger partial charge in [-0.15, -0.1) is 0 Å². The monoisotopic (exact) mass is 484 g/mol. The Morgan fingerprint density at radius 2 is 1.90 bits per heavy atom. The number of hydrogen-bond donors (Lipinski definition) is 1. The van der Waals surface area contributed by atoms with Gasteiger partial charge in [0.05, 0.1) is 30.2 Å². The van der Waals surface area contributed by atoms with Gasteiger partial charge in [0.15, 0.2) is 8.32 Å². The average molecular weight is 485 g/mol. The highest BCUT2D eigenvalue weighted by Gasteiger charge is 2.53. The number of nitrogen functional groups attached to an aromatic ring is 1. The zero-order chi connectivity index (χ0) is 23.8. The molecular formula is C19H31F3N2O5SSi. The summed E-state index contributed by atoms with van der Waals surface area (Å²) < 4.78 is 79.9. The molecule has 2 rings (SSSR count). The van der Waals surface area contributed by atoms with Crippen LogP contribution in [0.3, 0.4) is 0 Å². The normalized spacial score (nSPS) is 26.1. The van der Waals surface area contributed by atoms with Crippen LogP contribution >= 0.6 is 0 Å². The predicted molar refractivity (Wildman–Crippen MR) is 113 cm³/mol. The molecule has 178 valence electrons. The summed E-state index contributed by atoms with van der Waals surface area (Å²) in [5.41, 5.74) is 1.47. The first-order chi connectivity index (χ1) is 14.0. The molecule has 2 N–H and O–H groups in total. The number of alkyl halides is 3. The molecule has 1 aromatic heterocycles. The third kappa shape index (κ3) is 5.78. The lowest BCUT2D eigenvalue weighted by atomic mass is 9.92. The van der Waals surface area contributed by atoms with E-state index in [0.717, 1.165) is 0 Å². The Morgan fingerprint density at radius 1 is 1.29 bits per heavy atom. The van der Waals surface area contributed by atoms with E-state index in [-0.39, 0.29) is 17.9 Å². The van der Waals surface area contributed by atoms with Crippen LogP contribution in [-0.2, 0) is 23.5 Å². The van der Waals surface area contributed by atoms with E-state index in [9.17, 15) is 21.6 Å². The summed E-state index contributed by atoms with van der Waals surface area (Å²) >= 11 is 0. The topological polar surface area (TPSA) is 101 Å². The summed E-state index contributed by atoms with van der Waals surface area (Å²) in [6, 6.07) is 1.67. The van der Waals surface area contributed by atoms with E-state index in [1.54, 1.807) is 13.0 Å². The van der Waals surface area contributed by atoms with E-state index >= 15 is 0 Å². The van der Waals surface area contributed by atoms with Crippen molar-refractivity contribution in [2.75, 3.05) is 5.73 Å². The number of ether oxygens (including phenoxy) is 1. The maximum absolute atomic E-state index is 13.1. The Bertz CT molecular complexity index is 874. The van der Waals surface area contributed by atoms with Crippen molar-refractivity contribution in [1.29, 1.82) is 0 Å². The molecule has 0 bridgehead atoms. The molecule has 0 aromatic carbocycles. The second kappa shape index (κ2) is 8.97. The van der Waals surface area contributed by atoms with E-state index in [0.29, 0.717) is 11.3 Å². The lowest BCUT2D eigenvalue weighted by Gasteiger charge is -2.46. The first kappa shape index (κ1) is 26.0. The van der Waals surface area contributed by atoms with Crippen LogP contribution in [0.5, 0.6) is 0 Å². The minimum absolute atomic E-state index is 0.0925. The Labute approximate surface area is 182 Å². The molecule has 7 nitrogen and oxygen atoms in total. The first-order valence-electron chi connectivity index (χ1n) is 10.0. The van der Waals surface area contributed by atoms with Gasteiger partial charge in [-0.25, -0.2) is 0 Å². The number of anilines is 1. The Kier molecular flexibility index (Phi) is 7.53. The first-order valence-corrected chi connectivity index (χ1v) is 14.3. The molecule has 31 heavy (non-hydrogen) atoms. The number of pyridine rings is 1. The van der Waals surface area contributed by atoms with Crippen LogP contribution in [0, 0.1) is 0 Å². The highest BCUT2D eigenvalue weighted by atomic mass is 32.2.